The van der Waals surface area contributed by atoms with Gasteiger partial charge in [0.1, 0.15) is 0 Å². The molecule has 0 bridgehead atoms. The third-order valence-electron chi connectivity index (χ3n) is 4.43. The van der Waals surface area contributed by atoms with Crippen LogP contribution in [0.3, 0.4) is 0 Å². The number of hydrogen-bond acceptors (Lipinski definition) is 1. The van der Waals surface area contributed by atoms with Gasteiger partial charge in [0.2, 0.25) is 0 Å². The fourth-order valence-electron chi connectivity index (χ4n) is 3.54. The van der Waals surface area contributed by atoms with Gasteiger partial charge < -0.3 is 5.11 Å². The minimum Gasteiger partial charge on any atom is -0.392 e. The number of aliphatic hydroxyl groups excluding tert-OH is 1. The molecule has 1 N–H and O–H groups in total. The Labute approximate surface area is 99.3 Å². The molecule has 16 heavy (non-hydrogen) atoms. The zero-order valence-corrected chi connectivity index (χ0v) is 10.9. The summed E-state index contributed by atoms with van der Waals surface area (Å²) >= 11 is 0. The molecule has 2 aliphatic carbocycles. The Hall–Kier alpha value is -0.560. The van der Waals surface area contributed by atoms with E-state index >= 15 is 0 Å². The van der Waals surface area contributed by atoms with E-state index in [0.717, 1.165) is 6.42 Å². The fourth-order valence-corrected chi connectivity index (χ4v) is 3.54. The summed E-state index contributed by atoms with van der Waals surface area (Å²) in [4.78, 5) is 0. The van der Waals surface area contributed by atoms with E-state index in [-0.39, 0.29) is 6.10 Å². The molecule has 0 aromatic carbocycles. The van der Waals surface area contributed by atoms with Crippen LogP contribution in [0.4, 0.5) is 0 Å². The van der Waals surface area contributed by atoms with Crippen LogP contribution < -0.4 is 0 Å². The molecule has 0 aliphatic heterocycles. The van der Waals surface area contributed by atoms with Gasteiger partial charge in [-0.3, -0.25) is 0 Å². The van der Waals surface area contributed by atoms with Crippen LogP contribution in [0, 0.1) is 23.7 Å². The third kappa shape index (κ3) is 1.98. The Kier molecular flexibility index (Phi) is 3.25. The minimum absolute atomic E-state index is 0.159. The van der Waals surface area contributed by atoms with Gasteiger partial charge >= 0.3 is 0 Å². The molecule has 0 fully saturated rings. The van der Waals surface area contributed by atoms with Crippen molar-refractivity contribution in [1.29, 1.82) is 0 Å². The van der Waals surface area contributed by atoms with E-state index in [1.165, 1.54) is 17.6 Å². The first-order valence-electron chi connectivity index (χ1n) is 6.52. The number of aliphatic hydroxyl groups is 1. The van der Waals surface area contributed by atoms with Crippen molar-refractivity contribution in [2.75, 3.05) is 0 Å². The van der Waals surface area contributed by atoms with Gasteiger partial charge in [0, 0.05) is 5.92 Å². The van der Waals surface area contributed by atoms with Gasteiger partial charge in [-0.2, -0.15) is 0 Å². The SMILES string of the molecule is CC1=C[C@@H]2[C@@H](C(C)=CC[C@@H]2C(C)C)[C@@H](O)C1. The molecular weight excluding hydrogens is 196 g/mol. The summed E-state index contributed by atoms with van der Waals surface area (Å²) in [5.74, 6) is 2.35. The van der Waals surface area contributed by atoms with Crippen LogP contribution in [-0.2, 0) is 0 Å². The summed E-state index contributed by atoms with van der Waals surface area (Å²) in [5, 5.41) is 10.3. The molecule has 0 saturated carbocycles. The smallest absolute Gasteiger partial charge is 0.0648 e. The summed E-state index contributed by atoms with van der Waals surface area (Å²) in [5.41, 5.74) is 2.77. The van der Waals surface area contributed by atoms with Gasteiger partial charge in [-0.05, 0) is 44.4 Å². The van der Waals surface area contributed by atoms with Crippen LogP contribution in [0.25, 0.3) is 0 Å². The topological polar surface area (TPSA) is 20.2 Å². The molecule has 4 atom stereocenters. The standard InChI is InChI=1S/C15H24O/c1-9(2)12-6-5-11(4)15-13(12)7-10(3)8-14(15)16/h5,7,9,12-16H,6,8H2,1-4H3/t12-,13+,14+,15-/m1/s1. The largest absolute Gasteiger partial charge is 0.392 e. The Morgan fingerprint density at radius 2 is 2.00 bits per heavy atom. The monoisotopic (exact) mass is 220 g/mol. The molecule has 0 aromatic rings. The Balaban J connectivity index is 2.35. The maximum Gasteiger partial charge on any atom is 0.0648 e. The molecule has 0 heterocycles. The van der Waals surface area contributed by atoms with Crippen molar-refractivity contribution in [3.05, 3.63) is 23.3 Å². The highest BCUT2D eigenvalue weighted by molar-refractivity contribution is 5.23. The Morgan fingerprint density at radius 3 is 2.62 bits per heavy atom. The average Bonchev–Trinajstić information content (AvgIpc) is 2.15. The molecule has 0 aromatic heterocycles. The number of rotatable bonds is 1. The van der Waals surface area contributed by atoms with Crippen LogP contribution in [0.1, 0.15) is 40.5 Å². The summed E-state index contributed by atoms with van der Waals surface area (Å²) in [6, 6.07) is 0. The molecule has 1 heteroatoms. The first-order valence-corrected chi connectivity index (χ1v) is 6.52. The average molecular weight is 220 g/mol. The Bertz CT molecular complexity index is 324. The molecule has 2 rings (SSSR count). The molecule has 0 amide bonds. The predicted octanol–water partition coefficient (Wildman–Crippen LogP) is 3.55. The second-order valence-corrected chi connectivity index (χ2v) is 5.98. The van der Waals surface area contributed by atoms with Crippen LogP contribution in [-0.4, -0.2) is 11.2 Å². The van der Waals surface area contributed by atoms with E-state index in [0.29, 0.717) is 23.7 Å². The third-order valence-corrected chi connectivity index (χ3v) is 4.43. The van der Waals surface area contributed by atoms with Crippen LogP contribution >= 0.6 is 0 Å². The Morgan fingerprint density at radius 1 is 1.31 bits per heavy atom. The van der Waals surface area contributed by atoms with Gasteiger partial charge in [-0.1, -0.05) is 37.1 Å². The van der Waals surface area contributed by atoms with Gasteiger partial charge in [-0.25, -0.2) is 0 Å². The molecule has 90 valence electrons. The molecule has 0 spiro atoms. The summed E-state index contributed by atoms with van der Waals surface area (Å²) in [7, 11) is 0. The van der Waals surface area contributed by atoms with E-state index in [1.807, 2.05) is 0 Å². The van der Waals surface area contributed by atoms with Crippen LogP contribution in [0.5, 0.6) is 0 Å². The van der Waals surface area contributed by atoms with E-state index in [9.17, 15) is 5.11 Å². The van der Waals surface area contributed by atoms with E-state index in [2.05, 4.69) is 39.8 Å². The summed E-state index contributed by atoms with van der Waals surface area (Å²) < 4.78 is 0. The van der Waals surface area contributed by atoms with Crippen molar-refractivity contribution < 1.29 is 5.11 Å². The lowest BCUT2D eigenvalue weighted by Crippen LogP contribution is -2.39. The maximum atomic E-state index is 10.3. The molecular formula is C15H24O. The molecule has 0 radical (unpaired) electrons. The highest BCUT2D eigenvalue weighted by atomic mass is 16.3. The zero-order valence-electron chi connectivity index (χ0n) is 10.9. The van der Waals surface area contributed by atoms with Gasteiger partial charge in [-0.15, -0.1) is 0 Å². The van der Waals surface area contributed by atoms with Crippen molar-refractivity contribution in [2.24, 2.45) is 23.7 Å². The van der Waals surface area contributed by atoms with Gasteiger partial charge in [0.05, 0.1) is 6.10 Å². The first-order chi connectivity index (χ1) is 7.50. The quantitative estimate of drug-likeness (QED) is 0.670. The molecule has 2 aliphatic rings. The minimum atomic E-state index is -0.159. The van der Waals surface area contributed by atoms with Crippen LogP contribution in [0.15, 0.2) is 23.3 Å². The van der Waals surface area contributed by atoms with E-state index in [1.54, 1.807) is 0 Å². The molecule has 1 nitrogen and oxygen atoms in total. The summed E-state index contributed by atoms with van der Waals surface area (Å²) in [6.07, 6.45) is 6.66. The second-order valence-electron chi connectivity index (χ2n) is 5.98. The predicted molar refractivity (Wildman–Crippen MR) is 68.1 cm³/mol. The van der Waals surface area contributed by atoms with Crippen molar-refractivity contribution in [3.63, 3.8) is 0 Å². The van der Waals surface area contributed by atoms with Gasteiger partial charge in [0.25, 0.3) is 0 Å². The first kappa shape index (κ1) is 11.9. The van der Waals surface area contributed by atoms with Crippen LogP contribution in [0.2, 0.25) is 0 Å². The van der Waals surface area contributed by atoms with Gasteiger partial charge in [0.15, 0.2) is 0 Å². The highest BCUT2D eigenvalue weighted by Gasteiger charge is 2.39. The van der Waals surface area contributed by atoms with E-state index in [4.69, 9.17) is 0 Å². The number of fused-ring (bicyclic) bond motifs is 1. The number of hydrogen-bond donors (Lipinski definition) is 1. The lowest BCUT2D eigenvalue weighted by molar-refractivity contribution is 0.0620. The normalized spacial score (nSPS) is 39.1. The second kappa shape index (κ2) is 4.37. The lowest BCUT2D eigenvalue weighted by atomic mass is 9.63. The zero-order chi connectivity index (χ0) is 11.9. The fraction of sp³-hybridized carbons (Fsp3) is 0.733. The van der Waals surface area contributed by atoms with Crippen molar-refractivity contribution in [3.8, 4) is 0 Å². The number of allylic oxidation sites excluding steroid dienone is 2. The lowest BCUT2D eigenvalue weighted by Gasteiger charge is -2.43. The maximum absolute atomic E-state index is 10.3. The summed E-state index contributed by atoms with van der Waals surface area (Å²) in [6.45, 7) is 8.96. The van der Waals surface area contributed by atoms with Crippen molar-refractivity contribution in [1.82, 2.24) is 0 Å². The van der Waals surface area contributed by atoms with Crippen molar-refractivity contribution in [2.45, 2.75) is 46.6 Å². The van der Waals surface area contributed by atoms with Crippen molar-refractivity contribution >= 4 is 0 Å². The van der Waals surface area contributed by atoms with E-state index < -0.39 is 0 Å². The highest BCUT2D eigenvalue weighted by Crippen LogP contribution is 2.45. The molecule has 0 saturated heterocycles. The molecule has 0 unspecified atom stereocenters.